The molecule has 3 N–H and O–H groups in total. The first-order valence-electron chi connectivity index (χ1n) is 10.1. The van der Waals surface area contributed by atoms with Crippen molar-refractivity contribution in [2.75, 3.05) is 17.7 Å². The van der Waals surface area contributed by atoms with Crippen molar-refractivity contribution in [1.29, 1.82) is 0 Å². The van der Waals surface area contributed by atoms with Gasteiger partial charge in [0.25, 0.3) is 5.91 Å². The Labute approximate surface area is 182 Å². The maximum absolute atomic E-state index is 11.7. The number of rotatable bonds is 4. The van der Waals surface area contributed by atoms with Gasteiger partial charge in [-0.1, -0.05) is 31.9 Å². The summed E-state index contributed by atoms with van der Waals surface area (Å²) >= 11 is 0. The van der Waals surface area contributed by atoms with Crippen molar-refractivity contribution in [2.45, 2.75) is 20.8 Å². The molecule has 3 heterocycles. The highest BCUT2D eigenvalue weighted by Crippen LogP contribution is 2.32. The number of aromatic amines is 1. The van der Waals surface area contributed by atoms with Crippen LogP contribution in [0.15, 0.2) is 61.1 Å². The molecule has 0 unspecified atom stereocenters. The molecule has 1 aromatic carbocycles. The Morgan fingerprint density at radius 3 is 2.65 bits per heavy atom. The number of hydrogen-bond acceptors (Lipinski definition) is 4. The van der Waals surface area contributed by atoms with Crippen LogP contribution in [0.2, 0.25) is 0 Å². The summed E-state index contributed by atoms with van der Waals surface area (Å²) in [7, 11) is 1.85. The van der Waals surface area contributed by atoms with E-state index < -0.39 is 0 Å². The Balaban J connectivity index is 0.00000132. The maximum Gasteiger partial charge on any atom is 0.300 e. The van der Waals surface area contributed by atoms with E-state index >= 15 is 0 Å². The molecule has 0 aliphatic rings. The fraction of sp³-hybridized carbons (Fsp3) is 0.160. The number of nitrogens with zero attached hydrogens (tertiary/aromatic N) is 2. The van der Waals surface area contributed by atoms with Crippen LogP contribution >= 0.6 is 0 Å². The number of carbonyl (C=O) groups excluding carboxylic acids is 1. The number of anilines is 2. The third kappa shape index (κ3) is 4.90. The summed E-state index contributed by atoms with van der Waals surface area (Å²) in [4.78, 5) is 23.8. The predicted molar refractivity (Wildman–Crippen MR) is 128 cm³/mol. The molecule has 4 aromatic rings. The van der Waals surface area contributed by atoms with Crippen molar-refractivity contribution >= 4 is 28.4 Å². The van der Waals surface area contributed by atoms with Crippen LogP contribution in [0.3, 0.4) is 0 Å². The number of aromatic nitrogens is 3. The normalized spacial score (nSPS) is 9.81. The first-order chi connectivity index (χ1) is 15.2. The minimum Gasteiger partial charge on any atom is -0.373 e. The van der Waals surface area contributed by atoms with Crippen LogP contribution in [0.25, 0.3) is 33.3 Å². The Kier molecular flexibility index (Phi) is 7.02. The first-order valence-corrected chi connectivity index (χ1v) is 10.1. The molecule has 31 heavy (non-hydrogen) atoms. The van der Waals surface area contributed by atoms with E-state index in [9.17, 15) is 4.79 Å². The van der Waals surface area contributed by atoms with E-state index in [1.54, 1.807) is 13.1 Å². The third-order valence-electron chi connectivity index (χ3n) is 4.55. The molecule has 0 aliphatic heterocycles. The lowest BCUT2D eigenvalue weighted by Crippen LogP contribution is -2.08. The standard InChI is InChI=1S/C23H19N5O.C2H6/c1-3-5-22(29)28-18-7-4-6-15(10-18)17-11-19-20(14-27-23(19)26-13-17)16-8-9-25-21(12-16)24-2;1-2/h4,6-14H,1-2H3,(H,24,25)(H,26,27)(H,28,29);1-2H3. The Morgan fingerprint density at radius 1 is 1.03 bits per heavy atom. The van der Waals surface area contributed by atoms with Gasteiger partial charge in [-0.25, -0.2) is 9.97 Å². The number of nitrogens with one attached hydrogen (secondary N) is 3. The average molecular weight is 412 g/mol. The Bertz CT molecular complexity index is 1260. The van der Waals surface area contributed by atoms with Crippen LogP contribution in [-0.2, 0) is 4.79 Å². The lowest BCUT2D eigenvalue weighted by Gasteiger charge is -2.07. The molecular formula is C25H25N5O. The molecule has 0 saturated heterocycles. The highest BCUT2D eigenvalue weighted by Gasteiger charge is 2.10. The van der Waals surface area contributed by atoms with Crippen LogP contribution in [0.1, 0.15) is 20.8 Å². The largest absolute Gasteiger partial charge is 0.373 e. The van der Waals surface area contributed by atoms with Gasteiger partial charge in [0.1, 0.15) is 11.5 Å². The number of hydrogen-bond donors (Lipinski definition) is 3. The van der Waals surface area contributed by atoms with Crippen molar-refractivity contribution < 1.29 is 4.79 Å². The molecule has 156 valence electrons. The molecule has 4 rings (SSSR count). The van der Waals surface area contributed by atoms with Crippen molar-refractivity contribution in [3.63, 3.8) is 0 Å². The molecule has 6 nitrogen and oxygen atoms in total. The van der Waals surface area contributed by atoms with Gasteiger partial charge in [-0.3, -0.25) is 4.79 Å². The van der Waals surface area contributed by atoms with E-state index in [0.717, 1.165) is 39.1 Å². The van der Waals surface area contributed by atoms with Crippen molar-refractivity contribution in [1.82, 2.24) is 15.0 Å². The number of fused-ring (bicyclic) bond motifs is 1. The van der Waals surface area contributed by atoms with Crippen molar-refractivity contribution in [2.24, 2.45) is 0 Å². The smallest absolute Gasteiger partial charge is 0.300 e. The second-order valence-electron chi connectivity index (χ2n) is 6.41. The zero-order valence-corrected chi connectivity index (χ0v) is 18.1. The Morgan fingerprint density at radius 2 is 1.87 bits per heavy atom. The first kappa shape index (κ1) is 21.6. The predicted octanol–water partition coefficient (Wildman–Crippen LogP) is 5.32. The molecule has 6 heteroatoms. The molecule has 0 fully saturated rings. The second-order valence-corrected chi connectivity index (χ2v) is 6.41. The summed E-state index contributed by atoms with van der Waals surface area (Å²) in [6, 6.07) is 13.7. The summed E-state index contributed by atoms with van der Waals surface area (Å²) in [5.74, 6) is 5.55. The monoisotopic (exact) mass is 411 g/mol. The maximum atomic E-state index is 11.7. The molecular weight excluding hydrogens is 386 g/mol. The average Bonchev–Trinajstić information content (AvgIpc) is 3.24. The molecule has 0 aliphatic carbocycles. The number of carbonyl (C=O) groups is 1. The topological polar surface area (TPSA) is 82.7 Å². The van der Waals surface area contributed by atoms with Gasteiger partial charge in [0.2, 0.25) is 0 Å². The summed E-state index contributed by atoms with van der Waals surface area (Å²) < 4.78 is 0. The molecule has 1 amide bonds. The third-order valence-corrected chi connectivity index (χ3v) is 4.55. The van der Waals surface area contributed by atoms with E-state index in [4.69, 9.17) is 0 Å². The lowest BCUT2D eigenvalue weighted by atomic mass is 10.0. The van der Waals surface area contributed by atoms with E-state index in [1.807, 2.05) is 69.7 Å². The number of benzene rings is 1. The lowest BCUT2D eigenvalue weighted by molar-refractivity contribution is -0.111. The van der Waals surface area contributed by atoms with Crippen molar-refractivity contribution in [3.8, 4) is 34.1 Å². The van der Waals surface area contributed by atoms with Crippen LogP contribution in [0.4, 0.5) is 11.5 Å². The van der Waals surface area contributed by atoms with Gasteiger partial charge in [0.05, 0.1) is 0 Å². The minimum absolute atomic E-state index is 0.329. The van der Waals surface area contributed by atoms with Crippen LogP contribution in [0, 0.1) is 11.8 Å². The fourth-order valence-electron chi connectivity index (χ4n) is 3.19. The van der Waals surface area contributed by atoms with Gasteiger partial charge in [-0.15, -0.1) is 0 Å². The van der Waals surface area contributed by atoms with Crippen molar-refractivity contribution in [3.05, 3.63) is 61.1 Å². The highest BCUT2D eigenvalue weighted by atomic mass is 16.1. The summed E-state index contributed by atoms with van der Waals surface area (Å²) in [6.45, 7) is 5.63. The summed E-state index contributed by atoms with van der Waals surface area (Å²) in [5.41, 5.74) is 5.52. The van der Waals surface area contributed by atoms with Crippen LogP contribution in [0.5, 0.6) is 0 Å². The molecule has 0 bridgehead atoms. The molecule has 0 spiro atoms. The van der Waals surface area contributed by atoms with Gasteiger partial charge in [-0.05, 0) is 54.3 Å². The zero-order valence-electron chi connectivity index (χ0n) is 18.1. The SMILES string of the molecule is CC.CC#CC(=O)Nc1cccc(-c2cnc3[nH]cc(-c4ccnc(NC)c4)c3c2)c1. The number of pyridine rings is 2. The van der Waals surface area contributed by atoms with Gasteiger partial charge >= 0.3 is 0 Å². The zero-order chi connectivity index (χ0) is 22.2. The number of amides is 1. The second kappa shape index (κ2) is 10.1. The van der Waals surface area contributed by atoms with Gasteiger partial charge in [0.15, 0.2) is 0 Å². The van der Waals surface area contributed by atoms with Crippen LogP contribution < -0.4 is 10.6 Å². The van der Waals surface area contributed by atoms with E-state index in [1.165, 1.54) is 0 Å². The minimum atomic E-state index is -0.329. The molecule has 0 atom stereocenters. The fourth-order valence-corrected chi connectivity index (χ4v) is 3.19. The highest BCUT2D eigenvalue weighted by molar-refractivity contribution is 6.04. The van der Waals surface area contributed by atoms with E-state index in [0.29, 0.717) is 5.69 Å². The molecule has 0 radical (unpaired) electrons. The Hall–Kier alpha value is -4.11. The summed E-state index contributed by atoms with van der Waals surface area (Å²) in [6.07, 6.45) is 5.56. The molecule has 0 saturated carbocycles. The van der Waals surface area contributed by atoms with Gasteiger partial charge in [0, 0.05) is 47.8 Å². The van der Waals surface area contributed by atoms with E-state index in [2.05, 4.69) is 43.5 Å². The summed E-state index contributed by atoms with van der Waals surface area (Å²) in [5, 5.41) is 6.86. The van der Waals surface area contributed by atoms with Gasteiger partial charge in [-0.2, -0.15) is 0 Å². The van der Waals surface area contributed by atoms with Crippen LogP contribution in [-0.4, -0.2) is 27.9 Å². The number of H-pyrrole nitrogens is 1. The van der Waals surface area contributed by atoms with Gasteiger partial charge < -0.3 is 15.6 Å². The molecule has 3 aromatic heterocycles. The quantitative estimate of drug-likeness (QED) is 0.397. The van der Waals surface area contributed by atoms with E-state index in [-0.39, 0.29) is 5.91 Å².